The van der Waals surface area contributed by atoms with Crippen LogP contribution in [0.15, 0.2) is 36.4 Å². The Bertz CT molecular complexity index is 647. The monoisotopic (exact) mass is 283 g/mol. The number of rotatable bonds is 2. The smallest absolute Gasteiger partial charge is 0.270 e. The van der Waals surface area contributed by atoms with E-state index in [4.69, 9.17) is 5.73 Å². The third-order valence-corrected chi connectivity index (χ3v) is 4.24. The first-order valence-corrected chi connectivity index (χ1v) is 7.32. The number of likely N-dealkylation sites (tertiary alicyclic amines) is 1. The molecule has 0 unspecified atom stereocenters. The number of hydrogen-bond donors (Lipinski definition) is 2. The van der Waals surface area contributed by atoms with Crippen molar-refractivity contribution in [3.8, 4) is 0 Å². The van der Waals surface area contributed by atoms with Gasteiger partial charge in [-0.05, 0) is 31.0 Å². The van der Waals surface area contributed by atoms with E-state index in [0.29, 0.717) is 18.8 Å². The molecule has 3 N–H and O–H groups in total. The van der Waals surface area contributed by atoms with E-state index in [0.717, 1.165) is 11.3 Å². The Morgan fingerprint density at radius 1 is 1.24 bits per heavy atom. The minimum Gasteiger partial charge on any atom is -0.354 e. The standard InChI is InChI=1S/C17H21N3O/c1-11-8-12(2)19-16(11)17(21)20-9-14(15(18)10-20)13-6-4-3-5-7-13/h3-8,14-15,19H,9-10,18H2,1-2H3/t14-,15+/m0/s1. The summed E-state index contributed by atoms with van der Waals surface area (Å²) in [5.74, 6) is 0.265. The third kappa shape index (κ3) is 2.59. The summed E-state index contributed by atoms with van der Waals surface area (Å²) in [5.41, 5.74) is 10.2. The summed E-state index contributed by atoms with van der Waals surface area (Å²) < 4.78 is 0. The first-order valence-electron chi connectivity index (χ1n) is 7.32. The fourth-order valence-electron chi connectivity index (χ4n) is 3.16. The van der Waals surface area contributed by atoms with Gasteiger partial charge in [0.1, 0.15) is 5.69 Å². The molecule has 2 heterocycles. The van der Waals surface area contributed by atoms with Gasteiger partial charge in [0, 0.05) is 30.7 Å². The van der Waals surface area contributed by atoms with E-state index in [9.17, 15) is 4.79 Å². The van der Waals surface area contributed by atoms with Gasteiger partial charge in [0.2, 0.25) is 0 Å². The van der Waals surface area contributed by atoms with Crippen molar-refractivity contribution in [1.29, 1.82) is 0 Å². The van der Waals surface area contributed by atoms with Gasteiger partial charge in [-0.25, -0.2) is 0 Å². The van der Waals surface area contributed by atoms with Crippen LogP contribution >= 0.6 is 0 Å². The predicted molar refractivity (Wildman–Crippen MR) is 83.3 cm³/mol. The zero-order chi connectivity index (χ0) is 15.0. The van der Waals surface area contributed by atoms with Crippen molar-refractivity contribution in [3.05, 3.63) is 58.9 Å². The van der Waals surface area contributed by atoms with Crippen molar-refractivity contribution in [1.82, 2.24) is 9.88 Å². The zero-order valence-corrected chi connectivity index (χ0v) is 12.5. The van der Waals surface area contributed by atoms with Gasteiger partial charge in [-0.3, -0.25) is 4.79 Å². The molecule has 3 rings (SSSR count). The lowest BCUT2D eigenvalue weighted by Crippen LogP contribution is -2.32. The highest BCUT2D eigenvalue weighted by atomic mass is 16.2. The molecule has 0 aliphatic carbocycles. The minimum absolute atomic E-state index is 0.00675. The second-order valence-electron chi connectivity index (χ2n) is 5.90. The van der Waals surface area contributed by atoms with E-state index in [1.165, 1.54) is 5.56 Å². The molecule has 1 aliphatic heterocycles. The van der Waals surface area contributed by atoms with Crippen LogP contribution in [0.2, 0.25) is 0 Å². The molecule has 1 aromatic heterocycles. The summed E-state index contributed by atoms with van der Waals surface area (Å²) in [7, 11) is 0. The van der Waals surface area contributed by atoms with Crippen LogP contribution in [-0.2, 0) is 0 Å². The maximum absolute atomic E-state index is 12.6. The molecule has 0 spiro atoms. The van der Waals surface area contributed by atoms with Crippen molar-refractivity contribution in [2.75, 3.05) is 13.1 Å². The van der Waals surface area contributed by atoms with Crippen molar-refractivity contribution in [2.24, 2.45) is 5.73 Å². The topological polar surface area (TPSA) is 62.1 Å². The second kappa shape index (κ2) is 5.37. The molecule has 21 heavy (non-hydrogen) atoms. The fourth-order valence-corrected chi connectivity index (χ4v) is 3.16. The van der Waals surface area contributed by atoms with Gasteiger partial charge in [0.05, 0.1) is 0 Å². The maximum atomic E-state index is 12.6. The van der Waals surface area contributed by atoms with Crippen LogP contribution in [-0.4, -0.2) is 34.9 Å². The number of benzene rings is 1. The van der Waals surface area contributed by atoms with E-state index >= 15 is 0 Å². The summed E-state index contributed by atoms with van der Waals surface area (Å²) in [4.78, 5) is 17.7. The SMILES string of the molecule is Cc1cc(C)c(C(=O)N2C[C@@H](N)[C@H](c3ccccc3)C2)[nH]1. The molecule has 2 atom stereocenters. The molecular weight excluding hydrogens is 262 g/mol. The molecule has 0 saturated carbocycles. The normalized spacial score (nSPS) is 21.8. The van der Waals surface area contributed by atoms with Crippen molar-refractivity contribution >= 4 is 5.91 Å². The van der Waals surface area contributed by atoms with Crippen LogP contribution in [0.4, 0.5) is 0 Å². The number of aromatic amines is 1. The van der Waals surface area contributed by atoms with Crippen LogP contribution < -0.4 is 5.73 Å². The predicted octanol–water partition coefficient (Wildman–Crippen LogP) is 2.20. The Morgan fingerprint density at radius 3 is 2.57 bits per heavy atom. The van der Waals surface area contributed by atoms with Gasteiger partial charge in [-0.15, -0.1) is 0 Å². The second-order valence-corrected chi connectivity index (χ2v) is 5.90. The zero-order valence-electron chi connectivity index (χ0n) is 12.5. The molecule has 1 amide bonds. The quantitative estimate of drug-likeness (QED) is 0.887. The highest BCUT2D eigenvalue weighted by molar-refractivity contribution is 5.94. The molecule has 110 valence electrons. The molecule has 4 nitrogen and oxygen atoms in total. The fraction of sp³-hybridized carbons (Fsp3) is 0.353. The number of carbonyl (C=O) groups is 1. The molecular formula is C17H21N3O. The molecule has 1 fully saturated rings. The Hall–Kier alpha value is -2.07. The summed E-state index contributed by atoms with van der Waals surface area (Å²) in [6.07, 6.45) is 0. The van der Waals surface area contributed by atoms with Gasteiger partial charge in [-0.1, -0.05) is 30.3 Å². The van der Waals surface area contributed by atoms with Crippen molar-refractivity contribution in [2.45, 2.75) is 25.8 Å². The number of aryl methyl sites for hydroxylation is 2. The number of nitrogens with one attached hydrogen (secondary N) is 1. The molecule has 0 bridgehead atoms. The summed E-state index contributed by atoms with van der Waals surface area (Å²) in [5, 5.41) is 0. The van der Waals surface area contributed by atoms with Crippen molar-refractivity contribution < 1.29 is 4.79 Å². The number of hydrogen-bond acceptors (Lipinski definition) is 2. The Balaban J connectivity index is 1.80. The maximum Gasteiger partial charge on any atom is 0.270 e. The van der Waals surface area contributed by atoms with Crippen LogP contribution in [0.3, 0.4) is 0 Å². The number of H-pyrrole nitrogens is 1. The van der Waals surface area contributed by atoms with E-state index in [-0.39, 0.29) is 17.9 Å². The molecule has 1 aliphatic rings. The van der Waals surface area contributed by atoms with E-state index in [1.807, 2.05) is 43.0 Å². The summed E-state index contributed by atoms with van der Waals surface area (Å²) in [6, 6.07) is 12.2. The minimum atomic E-state index is -0.00675. The van der Waals surface area contributed by atoms with Crippen LogP contribution in [0, 0.1) is 13.8 Å². The van der Waals surface area contributed by atoms with Gasteiger partial charge >= 0.3 is 0 Å². The molecule has 1 aromatic carbocycles. The lowest BCUT2D eigenvalue weighted by atomic mass is 9.95. The van der Waals surface area contributed by atoms with E-state index < -0.39 is 0 Å². The van der Waals surface area contributed by atoms with Gasteiger partial charge in [0.15, 0.2) is 0 Å². The number of nitrogens with zero attached hydrogens (tertiary/aromatic N) is 1. The lowest BCUT2D eigenvalue weighted by molar-refractivity contribution is 0.0783. The van der Waals surface area contributed by atoms with Crippen molar-refractivity contribution in [3.63, 3.8) is 0 Å². The molecule has 1 saturated heterocycles. The third-order valence-electron chi connectivity index (χ3n) is 4.24. The molecule has 0 radical (unpaired) electrons. The highest BCUT2D eigenvalue weighted by Gasteiger charge is 2.34. The number of aromatic nitrogens is 1. The van der Waals surface area contributed by atoms with Gasteiger partial charge in [-0.2, -0.15) is 0 Å². The van der Waals surface area contributed by atoms with E-state index in [1.54, 1.807) is 0 Å². The molecule has 2 aromatic rings. The van der Waals surface area contributed by atoms with Gasteiger partial charge < -0.3 is 15.6 Å². The lowest BCUT2D eigenvalue weighted by Gasteiger charge is -2.16. The Kier molecular flexibility index (Phi) is 3.55. The van der Waals surface area contributed by atoms with E-state index in [2.05, 4.69) is 17.1 Å². The van der Waals surface area contributed by atoms with Crippen LogP contribution in [0.25, 0.3) is 0 Å². The Morgan fingerprint density at radius 2 is 1.95 bits per heavy atom. The average molecular weight is 283 g/mol. The van der Waals surface area contributed by atoms with Crippen LogP contribution in [0.1, 0.15) is 33.2 Å². The first-order chi connectivity index (χ1) is 10.1. The number of nitrogens with two attached hydrogens (primary N) is 1. The summed E-state index contributed by atoms with van der Waals surface area (Å²) in [6.45, 7) is 5.21. The van der Waals surface area contributed by atoms with Crippen LogP contribution in [0.5, 0.6) is 0 Å². The number of carbonyl (C=O) groups excluding carboxylic acids is 1. The van der Waals surface area contributed by atoms with Gasteiger partial charge in [0.25, 0.3) is 5.91 Å². The largest absolute Gasteiger partial charge is 0.354 e. The first kappa shape index (κ1) is 13.9. The molecule has 4 heteroatoms. The Labute approximate surface area is 125 Å². The highest BCUT2D eigenvalue weighted by Crippen LogP contribution is 2.27. The summed E-state index contributed by atoms with van der Waals surface area (Å²) >= 11 is 0. The average Bonchev–Trinajstić information content (AvgIpc) is 3.02. The number of amides is 1.